The van der Waals surface area contributed by atoms with E-state index in [2.05, 4.69) is 41.2 Å². The maximum atomic E-state index is 11.0. The molecule has 4 aromatic rings. The summed E-state index contributed by atoms with van der Waals surface area (Å²) in [6, 6.07) is 10.6. The van der Waals surface area contributed by atoms with E-state index in [1.807, 2.05) is 6.07 Å². The second kappa shape index (κ2) is 16.2. The number of H-pyrrole nitrogens is 1. The molecular formula is C26H24Cl2N6O6. The van der Waals surface area contributed by atoms with Gasteiger partial charge in [-0.2, -0.15) is 5.10 Å². The molecule has 0 spiro atoms. The summed E-state index contributed by atoms with van der Waals surface area (Å²) < 4.78 is 20.1. The molecule has 0 aliphatic heterocycles. The van der Waals surface area contributed by atoms with Gasteiger partial charge in [-0.25, -0.2) is 24.2 Å². The van der Waals surface area contributed by atoms with E-state index < -0.39 is 11.9 Å². The fraction of sp³-hybridized carbons (Fsp3) is 0.154. The van der Waals surface area contributed by atoms with Crippen molar-refractivity contribution >= 4 is 41.3 Å². The fourth-order valence-corrected chi connectivity index (χ4v) is 3.16. The van der Waals surface area contributed by atoms with Crippen LogP contribution in [0.5, 0.6) is 11.5 Å². The molecule has 0 atom stereocenters. The highest BCUT2D eigenvalue weighted by Crippen LogP contribution is 2.27. The number of terminal acetylenes is 1. The number of aromatic amines is 1. The third-order valence-electron chi connectivity index (χ3n) is 4.54. The van der Waals surface area contributed by atoms with Crippen molar-refractivity contribution < 1.29 is 28.5 Å². The second-order valence-electron chi connectivity index (χ2n) is 7.12. The number of aromatic nitrogens is 6. The summed E-state index contributed by atoms with van der Waals surface area (Å²) in [5.41, 5.74) is 1.58. The van der Waals surface area contributed by atoms with Crippen molar-refractivity contribution in [2.45, 2.75) is 0 Å². The Bertz CT molecular complexity index is 1480. The number of nitrogens with zero attached hydrogens (tertiary/aromatic N) is 5. The van der Waals surface area contributed by atoms with Gasteiger partial charge in [0.2, 0.25) is 0 Å². The van der Waals surface area contributed by atoms with Crippen LogP contribution in [0.4, 0.5) is 0 Å². The number of nitrogens with one attached hydrogen (secondary N) is 1. The molecule has 0 unspecified atom stereocenters. The Morgan fingerprint density at radius 3 is 2.05 bits per heavy atom. The molecule has 2 aromatic carbocycles. The molecule has 0 saturated heterocycles. The zero-order chi connectivity index (χ0) is 29.5. The molecular weight excluding hydrogens is 563 g/mol. The summed E-state index contributed by atoms with van der Waals surface area (Å²) in [6.45, 7) is 0. The van der Waals surface area contributed by atoms with Gasteiger partial charge in [0.05, 0.1) is 28.4 Å². The quantitative estimate of drug-likeness (QED) is 0.151. The molecule has 0 aliphatic carbocycles. The predicted molar refractivity (Wildman–Crippen MR) is 149 cm³/mol. The van der Waals surface area contributed by atoms with Crippen LogP contribution in [0, 0.1) is 12.3 Å². The van der Waals surface area contributed by atoms with Crippen molar-refractivity contribution in [2.75, 3.05) is 28.4 Å². The van der Waals surface area contributed by atoms with E-state index in [1.54, 1.807) is 50.5 Å². The zero-order valence-electron chi connectivity index (χ0n) is 21.8. The number of esters is 2. The minimum Gasteiger partial charge on any atom is -0.497 e. The Morgan fingerprint density at radius 1 is 0.925 bits per heavy atom. The molecule has 40 heavy (non-hydrogen) atoms. The molecule has 0 fully saturated rings. The zero-order valence-corrected chi connectivity index (χ0v) is 23.3. The lowest BCUT2D eigenvalue weighted by Crippen LogP contribution is -1.96. The molecule has 12 nitrogen and oxygen atoms in total. The SMILES string of the molecule is C#CC(=O)OC.COC(=O)/C=C\n1cnc(-c2cc(Cl)cc(OC)c2)n1.COc1cc(Cl)cc(-c2ncn[nH]2)c1. The monoisotopic (exact) mass is 586 g/mol. The molecule has 0 bridgehead atoms. The minimum atomic E-state index is -0.630. The maximum absolute atomic E-state index is 11.0. The normalized spacial score (nSPS) is 9.82. The van der Waals surface area contributed by atoms with Gasteiger partial charge in [0.15, 0.2) is 11.6 Å². The summed E-state index contributed by atoms with van der Waals surface area (Å²) in [7, 11) is 5.69. The molecule has 2 heterocycles. The summed E-state index contributed by atoms with van der Waals surface area (Å²) in [6.07, 6.45) is 10.2. The molecule has 1 N–H and O–H groups in total. The van der Waals surface area contributed by atoms with Crippen molar-refractivity contribution in [3.8, 4) is 46.6 Å². The first-order valence-corrected chi connectivity index (χ1v) is 11.8. The standard InChI is InChI=1S/C13H12ClN3O3.C9H8ClN3O.C4H4O2/c1-19-11-6-9(5-10(14)7-11)13-15-8-17(16-13)4-3-12(18)20-2;1-14-8-3-6(2-7(10)4-8)9-11-5-12-13-9;1-3-4(5)6-2/h3-8H,1-2H3;2-5H,1H3,(H,11,12,13);1H,2H3/b4-3-;;. The van der Waals surface area contributed by atoms with E-state index in [4.69, 9.17) is 32.7 Å². The average molecular weight is 587 g/mol. The first-order valence-electron chi connectivity index (χ1n) is 11.0. The van der Waals surface area contributed by atoms with Crippen LogP contribution < -0.4 is 9.47 Å². The molecule has 0 saturated carbocycles. The Kier molecular flexibility index (Phi) is 12.7. The fourth-order valence-electron chi connectivity index (χ4n) is 2.71. The van der Waals surface area contributed by atoms with Gasteiger partial charge in [-0.15, -0.1) is 11.5 Å². The van der Waals surface area contributed by atoms with E-state index in [0.717, 1.165) is 11.1 Å². The van der Waals surface area contributed by atoms with Gasteiger partial charge < -0.3 is 18.9 Å². The summed E-state index contributed by atoms with van der Waals surface area (Å²) in [4.78, 5) is 28.9. The van der Waals surface area contributed by atoms with E-state index >= 15 is 0 Å². The highest BCUT2D eigenvalue weighted by atomic mass is 35.5. The van der Waals surface area contributed by atoms with Crippen molar-refractivity contribution in [3.05, 3.63) is 65.2 Å². The number of rotatable bonds is 6. The molecule has 0 radical (unpaired) electrons. The Labute approximate surface area is 239 Å². The number of hydrogen-bond acceptors (Lipinski definition) is 10. The molecule has 0 amide bonds. The average Bonchev–Trinajstić information content (AvgIpc) is 3.68. The summed E-state index contributed by atoms with van der Waals surface area (Å²) >= 11 is 11.9. The van der Waals surface area contributed by atoms with Gasteiger partial charge in [0.1, 0.15) is 24.2 Å². The minimum absolute atomic E-state index is 0.466. The van der Waals surface area contributed by atoms with E-state index in [9.17, 15) is 9.59 Å². The summed E-state index contributed by atoms with van der Waals surface area (Å²) in [5.74, 6) is 3.12. The lowest BCUT2D eigenvalue weighted by Gasteiger charge is -2.02. The summed E-state index contributed by atoms with van der Waals surface area (Å²) in [5, 5.41) is 11.9. The highest BCUT2D eigenvalue weighted by molar-refractivity contribution is 6.31. The van der Waals surface area contributed by atoms with Gasteiger partial charge in [-0.3, -0.25) is 5.10 Å². The van der Waals surface area contributed by atoms with Crippen molar-refractivity contribution in [1.29, 1.82) is 0 Å². The van der Waals surface area contributed by atoms with Crippen LogP contribution in [-0.4, -0.2) is 70.3 Å². The topological polar surface area (TPSA) is 143 Å². The Hall–Kier alpha value is -4.86. The highest BCUT2D eigenvalue weighted by Gasteiger charge is 2.07. The van der Waals surface area contributed by atoms with E-state index in [-0.39, 0.29) is 0 Å². The molecule has 0 aliphatic rings. The van der Waals surface area contributed by atoms with Crippen LogP contribution >= 0.6 is 23.2 Å². The van der Waals surface area contributed by atoms with Crippen molar-refractivity contribution in [3.63, 3.8) is 0 Å². The third-order valence-corrected chi connectivity index (χ3v) is 4.97. The largest absolute Gasteiger partial charge is 0.497 e. The molecule has 2 aromatic heterocycles. The number of hydrogen-bond donors (Lipinski definition) is 1. The number of carbonyl (C=O) groups excluding carboxylic acids is 2. The van der Waals surface area contributed by atoms with Crippen LogP contribution in [0.1, 0.15) is 0 Å². The lowest BCUT2D eigenvalue weighted by molar-refractivity contribution is -0.135. The first kappa shape index (κ1) is 31.4. The van der Waals surface area contributed by atoms with Crippen LogP contribution in [0.3, 0.4) is 0 Å². The van der Waals surface area contributed by atoms with Crippen molar-refractivity contribution in [1.82, 2.24) is 29.9 Å². The number of ether oxygens (including phenoxy) is 4. The number of carbonyl (C=O) groups is 2. The smallest absolute Gasteiger partial charge is 0.383 e. The number of benzene rings is 2. The number of methoxy groups -OCH3 is 4. The lowest BCUT2D eigenvalue weighted by atomic mass is 10.2. The van der Waals surface area contributed by atoms with Crippen LogP contribution in [-0.2, 0) is 19.1 Å². The first-order chi connectivity index (χ1) is 19.2. The van der Waals surface area contributed by atoms with Crippen LogP contribution in [0.2, 0.25) is 10.0 Å². The molecule has 208 valence electrons. The van der Waals surface area contributed by atoms with Crippen LogP contribution in [0.25, 0.3) is 29.0 Å². The van der Waals surface area contributed by atoms with E-state index in [1.165, 1.54) is 43.8 Å². The van der Waals surface area contributed by atoms with Gasteiger partial charge in [0.25, 0.3) is 0 Å². The van der Waals surface area contributed by atoms with Crippen molar-refractivity contribution in [2.24, 2.45) is 0 Å². The molecule has 4 rings (SSSR count). The Balaban J connectivity index is 0.000000242. The van der Waals surface area contributed by atoms with Crippen LogP contribution in [0.15, 0.2) is 55.1 Å². The third kappa shape index (κ3) is 10.1. The molecule has 14 heteroatoms. The van der Waals surface area contributed by atoms with Gasteiger partial charge in [-0.05, 0) is 36.4 Å². The van der Waals surface area contributed by atoms with Gasteiger partial charge in [0, 0.05) is 39.4 Å². The second-order valence-corrected chi connectivity index (χ2v) is 7.99. The Morgan fingerprint density at radius 2 is 1.55 bits per heavy atom. The van der Waals surface area contributed by atoms with Gasteiger partial charge >= 0.3 is 11.9 Å². The maximum Gasteiger partial charge on any atom is 0.383 e. The van der Waals surface area contributed by atoms with Gasteiger partial charge in [-0.1, -0.05) is 23.2 Å². The predicted octanol–water partition coefficient (Wildman–Crippen LogP) is 4.18. The van der Waals surface area contributed by atoms with E-state index in [0.29, 0.717) is 33.2 Å². The number of halogens is 2.